The van der Waals surface area contributed by atoms with Crippen molar-refractivity contribution < 1.29 is 47.2 Å². The van der Waals surface area contributed by atoms with Gasteiger partial charge in [-0.1, -0.05) is 52.6 Å². The van der Waals surface area contributed by atoms with Crippen molar-refractivity contribution in [3.63, 3.8) is 0 Å². The molecule has 0 N–H and O–H groups in total. The standard InChI is InChI=1S/2C8H11.C2H7Si.2ClH.Nb/c2*1-7(2)8-5-3-4-6-8;1-3-2;;;/h2*3-7H,1-2H3;3H,1-2H3;2*1H;/q2*-1;;;;+2/p-2. The molecule has 0 atom stereocenters. The fraction of sp³-hybridized carbons (Fsp3) is 0.444. The van der Waals surface area contributed by atoms with E-state index in [9.17, 15) is 0 Å². The summed E-state index contributed by atoms with van der Waals surface area (Å²) in [5.41, 5.74) is 2.87. The van der Waals surface area contributed by atoms with Crippen molar-refractivity contribution in [2.24, 2.45) is 0 Å². The SMILES string of the molecule is CC(C)c1cc[cH-]c1.CC(C)c1cc[cH-]c1.C[SiH]C.[Cl-].[Cl-].[Nb+2]. The van der Waals surface area contributed by atoms with Gasteiger partial charge >= 0.3 is 22.4 Å². The number of hydrogen-bond acceptors (Lipinski definition) is 0. The van der Waals surface area contributed by atoms with Gasteiger partial charge in [-0.25, -0.2) is 12.1 Å². The van der Waals surface area contributed by atoms with Crippen molar-refractivity contribution >= 4 is 9.52 Å². The Kier molecular flexibility index (Phi) is 26.4. The summed E-state index contributed by atoms with van der Waals surface area (Å²) < 4.78 is 0. The molecule has 0 unspecified atom stereocenters. The molecular weight excluding hydrogens is 408 g/mol. The number of rotatable bonds is 2. The maximum absolute atomic E-state index is 2.21. The second kappa shape index (κ2) is 19.3. The molecule has 2 radical (unpaired) electrons. The van der Waals surface area contributed by atoms with Gasteiger partial charge < -0.3 is 24.8 Å². The Bertz CT molecular complexity index is 343. The van der Waals surface area contributed by atoms with E-state index in [1.54, 1.807) is 0 Å². The summed E-state index contributed by atoms with van der Waals surface area (Å²) in [5.74, 6) is 1.37. The molecule has 0 aliphatic rings. The molecule has 2 rings (SSSR count). The number of halogens is 2. The predicted molar refractivity (Wildman–Crippen MR) is 91.1 cm³/mol. The van der Waals surface area contributed by atoms with Crippen LogP contribution in [-0.2, 0) is 22.4 Å². The van der Waals surface area contributed by atoms with Gasteiger partial charge in [-0.05, 0) is 0 Å². The first kappa shape index (κ1) is 30.2. The Balaban J connectivity index is -0.000000112. The Morgan fingerprint density at radius 1 is 0.773 bits per heavy atom. The molecule has 0 nitrogen and oxygen atoms in total. The van der Waals surface area contributed by atoms with Crippen LogP contribution in [0.3, 0.4) is 0 Å². The maximum Gasteiger partial charge on any atom is 2.00 e. The third kappa shape index (κ3) is 15.1. The third-order valence-electron chi connectivity index (χ3n) is 2.71. The van der Waals surface area contributed by atoms with E-state index in [4.69, 9.17) is 0 Å². The summed E-state index contributed by atoms with van der Waals surface area (Å²) in [7, 11) is 0.750. The molecule has 4 heteroatoms. The minimum atomic E-state index is 0. The Morgan fingerprint density at radius 2 is 1.05 bits per heavy atom. The van der Waals surface area contributed by atoms with Crippen LogP contribution in [0.1, 0.15) is 50.7 Å². The average Bonchev–Trinajstić information content (AvgIpc) is 3.05. The molecule has 0 fully saturated rings. The van der Waals surface area contributed by atoms with Crippen molar-refractivity contribution in [2.45, 2.75) is 52.6 Å². The van der Waals surface area contributed by atoms with Crippen LogP contribution in [0.5, 0.6) is 0 Å². The first-order valence-electron chi connectivity index (χ1n) is 7.20. The molecule has 0 amide bonds. The van der Waals surface area contributed by atoms with E-state index in [2.05, 4.69) is 89.3 Å². The summed E-state index contributed by atoms with van der Waals surface area (Å²) in [4.78, 5) is 0. The molecule has 0 aliphatic carbocycles. The average molecular weight is 437 g/mol. The Morgan fingerprint density at radius 3 is 1.14 bits per heavy atom. The minimum absolute atomic E-state index is 0. The Labute approximate surface area is 168 Å². The zero-order valence-corrected chi connectivity index (χ0v) is 19.4. The Hall–Kier alpha value is 0.237. The van der Waals surface area contributed by atoms with E-state index in [1.165, 1.54) is 11.1 Å². The largest absolute Gasteiger partial charge is 2.00 e. The number of hydrogen-bond donors (Lipinski definition) is 0. The molecule has 0 saturated carbocycles. The van der Waals surface area contributed by atoms with E-state index in [1.807, 2.05) is 0 Å². The zero-order chi connectivity index (χ0) is 14.7. The maximum atomic E-state index is 2.21. The summed E-state index contributed by atoms with van der Waals surface area (Å²) in [6, 6.07) is 16.9. The molecular formula is C18H29Cl2NbSi-2. The van der Waals surface area contributed by atoms with Gasteiger partial charge in [0.05, 0.1) is 0 Å². The molecule has 22 heavy (non-hydrogen) atoms. The van der Waals surface area contributed by atoms with E-state index in [-0.39, 0.29) is 47.2 Å². The summed E-state index contributed by atoms with van der Waals surface area (Å²) in [5, 5.41) is 0. The molecule has 0 heterocycles. The van der Waals surface area contributed by atoms with Gasteiger partial charge in [-0.3, -0.25) is 0 Å². The second-order valence-corrected chi connectivity index (χ2v) is 6.48. The molecule has 0 aliphatic heterocycles. The zero-order valence-electron chi connectivity index (χ0n) is 14.6. The quantitative estimate of drug-likeness (QED) is 0.443. The molecule has 0 bridgehead atoms. The van der Waals surface area contributed by atoms with Gasteiger partial charge in [0.25, 0.3) is 0 Å². The third-order valence-corrected chi connectivity index (χ3v) is 2.71. The van der Waals surface area contributed by atoms with Gasteiger partial charge in [0.15, 0.2) is 0 Å². The molecule has 0 saturated heterocycles. The summed E-state index contributed by atoms with van der Waals surface area (Å²) in [6.45, 7) is 13.2. The normalized spacial score (nSPS) is 8.36. The van der Waals surface area contributed by atoms with Gasteiger partial charge in [-0.15, -0.1) is 0 Å². The monoisotopic (exact) mass is 436 g/mol. The van der Waals surface area contributed by atoms with Gasteiger partial charge in [0.2, 0.25) is 0 Å². The molecule has 2 aromatic rings. The summed E-state index contributed by atoms with van der Waals surface area (Å²) in [6.07, 6.45) is 0. The predicted octanol–water partition coefficient (Wildman–Crippen LogP) is -0.418. The smallest absolute Gasteiger partial charge is 1.00 e. The van der Waals surface area contributed by atoms with Gasteiger partial charge in [0.1, 0.15) is 0 Å². The van der Waals surface area contributed by atoms with E-state index in [0.717, 1.165) is 9.52 Å². The molecule has 2 aromatic carbocycles. The first-order chi connectivity index (χ1) is 9.02. The topological polar surface area (TPSA) is 0 Å². The van der Waals surface area contributed by atoms with Gasteiger partial charge in [-0.2, -0.15) is 47.5 Å². The minimum Gasteiger partial charge on any atom is -1.00 e. The van der Waals surface area contributed by atoms with Crippen molar-refractivity contribution in [3.05, 3.63) is 59.7 Å². The van der Waals surface area contributed by atoms with Crippen LogP contribution >= 0.6 is 0 Å². The van der Waals surface area contributed by atoms with Crippen molar-refractivity contribution in [1.82, 2.24) is 0 Å². The van der Waals surface area contributed by atoms with Crippen molar-refractivity contribution in [2.75, 3.05) is 0 Å². The van der Waals surface area contributed by atoms with Crippen LogP contribution in [0, 0.1) is 0 Å². The summed E-state index contributed by atoms with van der Waals surface area (Å²) >= 11 is 0. The van der Waals surface area contributed by atoms with E-state index < -0.39 is 0 Å². The van der Waals surface area contributed by atoms with Crippen LogP contribution in [0.2, 0.25) is 13.1 Å². The van der Waals surface area contributed by atoms with Crippen LogP contribution in [-0.4, -0.2) is 9.52 Å². The van der Waals surface area contributed by atoms with Crippen LogP contribution in [0.4, 0.5) is 0 Å². The van der Waals surface area contributed by atoms with E-state index >= 15 is 0 Å². The van der Waals surface area contributed by atoms with E-state index in [0.29, 0.717) is 11.8 Å². The van der Waals surface area contributed by atoms with Crippen LogP contribution in [0.25, 0.3) is 0 Å². The van der Waals surface area contributed by atoms with Gasteiger partial charge in [0, 0.05) is 9.52 Å². The second-order valence-electron chi connectivity index (χ2n) is 5.32. The van der Waals surface area contributed by atoms with Crippen LogP contribution < -0.4 is 24.8 Å². The van der Waals surface area contributed by atoms with Crippen LogP contribution in [0.15, 0.2) is 48.5 Å². The molecule has 126 valence electrons. The first-order valence-corrected chi connectivity index (χ1v) is 9.51. The van der Waals surface area contributed by atoms with Crippen molar-refractivity contribution in [3.8, 4) is 0 Å². The van der Waals surface area contributed by atoms with Crippen molar-refractivity contribution in [1.29, 1.82) is 0 Å². The fourth-order valence-electron chi connectivity index (χ4n) is 1.55. The fourth-order valence-corrected chi connectivity index (χ4v) is 1.55. The molecule has 0 aromatic heterocycles. The molecule has 0 spiro atoms.